The van der Waals surface area contributed by atoms with E-state index in [1.54, 1.807) is 6.07 Å². The van der Waals surface area contributed by atoms with Gasteiger partial charge in [0.1, 0.15) is 0 Å². The summed E-state index contributed by atoms with van der Waals surface area (Å²) in [5, 5.41) is 3.05. The molecule has 1 fully saturated rings. The van der Waals surface area contributed by atoms with Crippen LogP contribution >= 0.6 is 11.3 Å². The molecule has 2 rings (SSSR count). The first-order valence-corrected chi connectivity index (χ1v) is 9.00. The van der Waals surface area contributed by atoms with E-state index in [-0.39, 0.29) is 6.04 Å². The molecule has 1 aliphatic rings. The molecule has 19 heavy (non-hydrogen) atoms. The van der Waals surface area contributed by atoms with Crippen LogP contribution in [0.5, 0.6) is 0 Å². The summed E-state index contributed by atoms with van der Waals surface area (Å²) in [6.07, 6.45) is 3.50. The Balaban J connectivity index is 2.14. The summed E-state index contributed by atoms with van der Waals surface area (Å²) < 4.78 is 27.6. The molecule has 0 amide bonds. The zero-order valence-electron chi connectivity index (χ0n) is 11.7. The number of rotatable bonds is 6. The van der Waals surface area contributed by atoms with Crippen molar-refractivity contribution in [3.8, 4) is 0 Å². The Morgan fingerprint density at radius 2 is 2.16 bits per heavy atom. The van der Waals surface area contributed by atoms with Crippen LogP contribution in [0.25, 0.3) is 0 Å². The zero-order valence-corrected chi connectivity index (χ0v) is 13.3. The highest BCUT2D eigenvalue weighted by atomic mass is 32.2. The van der Waals surface area contributed by atoms with Crippen LogP contribution < -0.4 is 10.0 Å². The lowest BCUT2D eigenvalue weighted by Gasteiger charge is -2.31. The number of hydrogen-bond acceptors (Lipinski definition) is 4. The van der Waals surface area contributed by atoms with Crippen LogP contribution in [0.3, 0.4) is 0 Å². The highest BCUT2D eigenvalue weighted by Gasteiger charge is 2.29. The van der Waals surface area contributed by atoms with Crippen LogP contribution in [0.2, 0.25) is 0 Å². The zero-order chi connectivity index (χ0) is 14.0. The molecule has 1 aliphatic carbocycles. The van der Waals surface area contributed by atoms with Gasteiger partial charge in [-0.15, -0.1) is 11.3 Å². The van der Waals surface area contributed by atoms with Crippen LogP contribution in [0.4, 0.5) is 0 Å². The molecule has 1 atom stereocenters. The number of nitrogens with one attached hydrogen (secondary N) is 2. The molecule has 1 saturated carbocycles. The molecule has 1 unspecified atom stereocenters. The summed E-state index contributed by atoms with van der Waals surface area (Å²) >= 11 is 1.54. The number of thiophene rings is 1. The molecular formula is C13H22N2O2S2. The molecule has 1 aromatic heterocycles. The summed E-state index contributed by atoms with van der Waals surface area (Å²) in [5.74, 6) is 0.505. The molecular weight excluding hydrogens is 280 g/mol. The van der Waals surface area contributed by atoms with Crippen molar-refractivity contribution in [2.75, 3.05) is 7.05 Å². The first-order chi connectivity index (χ1) is 8.94. The highest BCUT2D eigenvalue weighted by molar-refractivity contribution is 7.89. The van der Waals surface area contributed by atoms with Gasteiger partial charge in [0.15, 0.2) is 0 Å². The van der Waals surface area contributed by atoms with Crippen LogP contribution in [-0.4, -0.2) is 21.5 Å². The van der Waals surface area contributed by atoms with Gasteiger partial charge >= 0.3 is 0 Å². The Hall–Kier alpha value is -0.430. The van der Waals surface area contributed by atoms with Crippen LogP contribution in [-0.2, 0) is 16.6 Å². The Kier molecular flexibility index (Phi) is 4.66. The average molecular weight is 302 g/mol. The van der Waals surface area contributed by atoms with Crippen LogP contribution in [0.15, 0.2) is 11.0 Å². The molecule has 0 spiro atoms. The molecule has 4 nitrogen and oxygen atoms in total. The molecule has 0 aromatic carbocycles. The average Bonchev–Trinajstić information content (AvgIpc) is 2.57. The number of hydrogen-bond donors (Lipinski definition) is 2. The van der Waals surface area contributed by atoms with Crippen molar-refractivity contribution in [2.45, 2.75) is 50.6 Å². The van der Waals surface area contributed by atoms with Crippen molar-refractivity contribution in [1.29, 1.82) is 0 Å². The molecule has 6 heteroatoms. The fraction of sp³-hybridized carbons (Fsp3) is 0.692. The van der Waals surface area contributed by atoms with Crippen LogP contribution in [0.1, 0.15) is 35.9 Å². The summed E-state index contributed by atoms with van der Waals surface area (Å²) in [6, 6.07) is 1.82. The van der Waals surface area contributed by atoms with Gasteiger partial charge in [0.05, 0.1) is 4.90 Å². The second kappa shape index (κ2) is 5.91. The van der Waals surface area contributed by atoms with Gasteiger partial charge < -0.3 is 5.32 Å². The Bertz CT molecular complexity index is 533. The minimum Gasteiger partial charge on any atom is -0.315 e. The van der Waals surface area contributed by atoms with E-state index in [1.165, 1.54) is 17.8 Å². The maximum Gasteiger partial charge on any atom is 0.241 e. The monoisotopic (exact) mass is 302 g/mol. The van der Waals surface area contributed by atoms with Gasteiger partial charge in [0.25, 0.3) is 0 Å². The Morgan fingerprint density at radius 1 is 1.47 bits per heavy atom. The van der Waals surface area contributed by atoms with Gasteiger partial charge in [-0.3, -0.25) is 0 Å². The smallest absolute Gasteiger partial charge is 0.241 e. The van der Waals surface area contributed by atoms with E-state index in [9.17, 15) is 8.42 Å². The van der Waals surface area contributed by atoms with E-state index >= 15 is 0 Å². The van der Waals surface area contributed by atoms with Crippen molar-refractivity contribution in [2.24, 2.45) is 5.92 Å². The molecule has 0 bridgehead atoms. The van der Waals surface area contributed by atoms with Gasteiger partial charge in [0, 0.05) is 22.3 Å². The molecule has 2 N–H and O–H groups in total. The molecule has 108 valence electrons. The first-order valence-electron chi connectivity index (χ1n) is 6.70. The van der Waals surface area contributed by atoms with Crippen LogP contribution in [0, 0.1) is 12.8 Å². The predicted molar refractivity (Wildman–Crippen MR) is 78.9 cm³/mol. The van der Waals surface area contributed by atoms with Gasteiger partial charge in [-0.1, -0.05) is 6.42 Å². The topological polar surface area (TPSA) is 58.2 Å². The lowest BCUT2D eigenvalue weighted by atomic mass is 9.81. The van der Waals surface area contributed by atoms with Gasteiger partial charge in [-0.05, 0) is 45.7 Å². The minimum absolute atomic E-state index is 0.0331. The number of aryl methyl sites for hydroxylation is 1. The fourth-order valence-corrected chi connectivity index (χ4v) is 5.36. The van der Waals surface area contributed by atoms with Crippen molar-refractivity contribution in [3.05, 3.63) is 15.8 Å². The molecule has 0 aliphatic heterocycles. The lowest BCUT2D eigenvalue weighted by Crippen LogP contribution is -2.40. The van der Waals surface area contributed by atoms with Crippen molar-refractivity contribution < 1.29 is 8.42 Å². The van der Waals surface area contributed by atoms with E-state index in [1.807, 2.05) is 20.9 Å². The number of sulfonamides is 1. The third-order valence-corrected chi connectivity index (χ3v) is 6.63. The van der Waals surface area contributed by atoms with Gasteiger partial charge in [-0.25, -0.2) is 13.1 Å². The second-order valence-corrected chi connectivity index (χ2v) is 8.29. The summed E-state index contributed by atoms with van der Waals surface area (Å²) in [5.41, 5.74) is 0. The maximum absolute atomic E-state index is 12.4. The third-order valence-electron chi connectivity index (χ3n) is 3.76. The quantitative estimate of drug-likeness (QED) is 0.847. The van der Waals surface area contributed by atoms with E-state index < -0.39 is 10.0 Å². The summed E-state index contributed by atoms with van der Waals surface area (Å²) in [4.78, 5) is 2.35. The third kappa shape index (κ3) is 3.37. The minimum atomic E-state index is -3.38. The first kappa shape index (κ1) is 15.0. The van der Waals surface area contributed by atoms with Crippen molar-refractivity contribution in [3.63, 3.8) is 0 Å². The van der Waals surface area contributed by atoms with Gasteiger partial charge in [0.2, 0.25) is 10.0 Å². The second-order valence-electron chi connectivity index (χ2n) is 5.26. The molecule has 1 heterocycles. The van der Waals surface area contributed by atoms with E-state index in [4.69, 9.17) is 0 Å². The van der Waals surface area contributed by atoms with E-state index in [2.05, 4.69) is 10.0 Å². The Labute approximate surface area is 119 Å². The fourth-order valence-electron chi connectivity index (χ4n) is 2.40. The maximum atomic E-state index is 12.4. The standard InChI is InChI=1S/C13H22N2O2S2/c1-9(11-5-4-6-11)15-19(16,17)13-7-12(8-14-3)18-10(13)2/h7,9,11,14-15H,4-6,8H2,1-3H3. The van der Waals surface area contributed by atoms with E-state index in [0.717, 1.165) is 22.6 Å². The van der Waals surface area contributed by atoms with Crippen molar-refractivity contribution in [1.82, 2.24) is 10.0 Å². The Morgan fingerprint density at radius 3 is 2.68 bits per heavy atom. The summed E-state index contributed by atoms with van der Waals surface area (Å²) in [7, 11) is -1.51. The summed E-state index contributed by atoms with van der Waals surface area (Å²) in [6.45, 7) is 4.54. The SMILES string of the molecule is CNCc1cc(S(=O)(=O)NC(C)C2CCC2)c(C)s1. The molecule has 0 saturated heterocycles. The largest absolute Gasteiger partial charge is 0.315 e. The normalized spacial score (nSPS) is 18.3. The molecule has 0 radical (unpaired) electrons. The lowest BCUT2D eigenvalue weighted by molar-refractivity contribution is 0.260. The van der Waals surface area contributed by atoms with Crippen molar-refractivity contribution >= 4 is 21.4 Å². The molecule has 1 aromatic rings. The van der Waals surface area contributed by atoms with E-state index in [0.29, 0.717) is 17.4 Å². The highest BCUT2D eigenvalue weighted by Crippen LogP contribution is 2.31. The predicted octanol–water partition coefficient (Wildman–Crippen LogP) is 2.24. The van der Waals surface area contributed by atoms with Gasteiger partial charge in [-0.2, -0.15) is 0 Å².